The third kappa shape index (κ3) is 3.51. The van der Waals surface area contributed by atoms with Gasteiger partial charge in [0, 0.05) is 23.9 Å². The van der Waals surface area contributed by atoms with Crippen LogP contribution in [0.15, 0.2) is 60.8 Å². The second-order valence-electron chi connectivity index (χ2n) is 6.22. The number of fused-ring (bicyclic) bond motifs is 1. The number of ether oxygens (including phenoxy) is 1. The number of benzene rings is 2. The fourth-order valence-electron chi connectivity index (χ4n) is 3.08. The van der Waals surface area contributed by atoms with Gasteiger partial charge in [-0.25, -0.2) is 18.7 Å². The van der Waals surface area contributed by atoms with Crippen molar-refractivity contribution in [1.82, 2.24) is 15.0 Å². The van der Waals surface area contributed by atoms with Crippen molar-refractivity contribution in [2.45, 2.75) is 13.0 Å². The van der Waals surface area contributed by atoms with Gasteiger partial charge >= 0.3 is 0 Å². The van der Waals surface area contributed by atoms with Gasteiger partial charge in [0.1, 0.15) is 17.4 Å². The van der Waals surface area contributed by atoms with Gasteiger partial charge in [0.05, 0.1) is 18.1 Å². The fourth-order valence-corrected chi connectivity index (χ4v) is 3.08. The monoisotopic (exact) mass is 380 g/mol. The third-order valence-corrected chi connectivity index (χ3v) is 4.47. The standard InChI is InChI=1S/C21H18F2N4O/c1-28-14-8-9-15(16(11-14)20(22)23)21-26-17-6-4-5-13(19(17)27-21)12-25-18-7-2-3-10-24-18/h2-11,20H,12H2,1H3,(H,24,25)(H,26,27). The maximum absolute atomic E-state index is 13.6. The molecule has 0 saturated heterocycles. The van der Waals surface area contributed by atoms with Crippen LogP contribution in [0.5, 0.6) is 5.75 Å². The van der Waals surface area contributed by atoms with Crippen molar-refractivity contribution in [3.05, 3.63) is 71.9 Å². The number of methoxy groups -OCH3 is 1. The summed E-state index contributed by atoms with van der Waals surface area (Å²) in [7, 11) is 1.45. The zero-order valence-corrected chi connectivity index (χ0v) is 15.1. The lowest BCUT2D eigenvalue weighted by atomic mass is 10.1. The molecule has 2 aromatic heterocycles. The average molecular weight is 380 g/mol. The predicted octanol–water partition coefficient (Wildman–Crippen LogP) is 5.18. The summed E-state index contributed by atoms with van der Waals surface area (Å²) >= 11 is 0. The minimum absolute atomic E-state index is 0.119. The Morgan fingerprint density at radius 3 is 2.75 bits per heavy atom. The number of rotatable bonds is 6. The van der Waals surface area contributed by atoms with Crippen LogP contribution in [0.4, 0.5) is 14.6 Å². The summed E-state index contributed by atoms with van der Waals surface area (Å²) in [6, 6.07) is 16.0. The molecule has 0 aliphatic rings. The number of imidazole rings is 1. The van der Waals surface area contributed by atoms with Crippen LogP contribution in [0.2, 0.25) is 0 Å². The zero-order chi connectivity index (χ0) is 19.5. The summed E-state index contributed by atoms with van der Waals surface area (Å²) < 4.78 is 32.2. The number of H-pyrrole nitrogens is 1. The molecule has 0 amide bonds. The third-order valence-electron chi connectivity index (χ3n) is 4.47. The van der Waals surface area contributed by atoms with Crippen LogP contribution >= 0.6 is 0 Å². The summed E-state index contributed by atoms with van der Waals surface area (Å²) in [5.74, 6) is 1.54. The van der Waals surface area contributed by atoms with Crippen molar-refractivity contribution >= 4 is 16.9 Å². The Bertz CT molecular complexity index is 1100. The van der Waals surface area contributed by atoms with Crippen LogP contribution in [-0.2, 0) is 6.54 Å². The van der Waals surface area contributed by atoms with E-state index >= 15 is 0 Å². The molecule has 0 bridgehead atoms. The Morgan fingerprint density at radius 2 is 2.00 bits per heavy atom. The molecule has 0 atom stereocenters. The molecule has 0 fully saturated rings. The number of hydrogen-bond acceptors (Lipinski definition) is 4. The first kappa shape index (κ1) is 17.9. The normalized spacial score (nSPS) is 11.1. The smallest absolute Gasteiger partial charge is 0.264 e. The van der Waals surface area contributed by atoms with E-state index in [4.69, 9.17) is 4.74 Å². The SMILES string of the molecule is COc1ccc(-c2nc3c(CNc4ccccn4)cccc3[nH]2)c(C(F)F)c1. The molecule has 0 radical (unpaired) electrons. The molecule has 0 spiro atoms. The summed E-state index contributed by atoms with van der Waals surface area (Å²) in [6.45, 7) is 0.517. The maximum Gasteiger partial charge on any atom is 0.264 e. The molecule has 0 aliphatic carbocycles. The Morgan fingerprint density at radius 1 is 1.11 bits per heavy atom. The lowest BCUT2D eigenvalue weighted by Gasteiger charge is -2.09. The number of nitrogens with one attached hydrogen (secondary N) is 2. The molecule has 0 saturated carbocycles. The first-order valence-electron chi connectivity index (χ1n) is 8.74. The molecule has 4 aromatic rings. The highest BCUT2D eigenvalue weighted by molar-refractivity contribution is 5.83. The summed E-state index contributed by atoms with van der Waals surface area (Å²) in [6.07, 6.45) is -0.922. The number of nitrogens with zero attached hydrogens (tertiary/aromatic N) is 2. The number of pyridine rings is 1. The van der Waals surface area contributed by atoms with E-state index in [9.17, 15) is 8.78 Å². The number of aromatic nitrogens is 3. The van der Waals surface area contributed by atoms with Crippen molar-refractivity contribution < 1.29 is 13.5 Å². The summed E-state index contributed by atoms with van der Waals surface area (Å²) in [4.78, 5) is 12.0. The Balaban J connectivity index is 1.71. The molecule has 0 aliphatic heterocycles. The van der Waals surface area contributed by atoms with E-state index < -0.39 is 6.43 Å². The largest absolute Gasteiger partial charge is 0.497 e. The Kier molecular flexibility index (Phi) is 4.89. The van der Waals surface area contributed by atoms with Crippen LogP contribution in [0.1, 0.15) is 17.6 Å². The van der Waals surface area contributed by atoms with Gasteiger partial charge in [-0.2, -0.15) is 0 Å². The van der Waals surface area contributed by atoms with Crippen LogP contribution in [0, 0.1) is 0 Å². The van der Waals surface area contributed by atoms with Gasteiger partial charge in [-0.1, -0.05) is 18.2 Å². The van der Waals surface area contributed by atoms with Gasteiger partial charge < -0.3 is 15.0 Å². The van der Waals surface area contributed by atoms with Gasteiger partial charge in [0.25, 0.3) is 6.43 Å². The van der Waals surface area contributed by atoms with Crippen LogP contribution in [0.3, 0.4) is 0 Å². The molecular formula is C21H18F2N4O. The molecule has 0 unspecified atom stereocenters. The summed E-state index contributed by atoms with van der Waals surface area (Å²) in [5, 5.41) is 3.25. The first-order valence-corrected chi connectivity index (χ1v) is 8.74. The van der Waals surface area contributed by atoms with Crippen molar-refractivity contribution in [3.8, 4) is 17.1 Å². The number of para-hydroxylation sites is 1. The molecule has 4 rings (SSSR count). The van der Waals surface area contributed by atoms with E-state index in [0.29, 0.717) is 23.7 Å². The number of aromatic amines is 1. The quantitative estimate of drug-likeness (QED) is 0.484. The topological polar surface area (TPSA) is 62.8 Å². The lowest BCUT2D eigenvalue weighted by Crippen LogP contribution is -2.01. The van der Waals surface area contributed by atoms with E-state index in [1.807, 2.05) is 36.4 Å². The van der Waals surface area contributed by atoms with Gasteiger partial charge in [-0.05, 0) is 42.0 Å². The van der Waals surface area contributed by atoms with Gasteiger partial charge in [0.2, 0.25) is 0 Å². The van der Waals surface area contributed by atoms with Crippen LogP contribution < -0.4 is 10.1 Å². The minimum Gasteiger partial charge on any atom is -0.497 e. The van der Waals surface area contributed by atoms with E-state index in [0.717, 1.165) is 22.4 Å². The number of hydrogen-bond donors (Lipinski definition) is 2. The van der Waals surface area contributed by atoms with E-state index in [-0.39, 0.29) is 5.56 Å². The second-order valence-corrected chi connectivity index (χ2v) is 6.22. The second kappa shape index (κ2) is 7.64. The van der Waals surface area contributed by atoms with Crippen LogP contribution in [0.25, 0.3) is 22.4 Å². The van der Waals surface area contributed by atoms with Crippen molar-refractivity contribution in [3.63, 3.8) is 0 Å². The summed E-state index contributed by atoms with van der Waals surface area (Å²) in [5.41, 5.74) is 2.70. The van der Waals surface area contributed by atoms with E-state index in [2.05, 4.69) is 20.3 Å². The Hall–Kier alpha value is -3.48. The molecule has 5 nitrogen and oxygen atoms in total. The number of anilines is 1. The Labute approximate surface area is 160 Å². The fraction of sp³-hybridized carbons (Fsp3) is 0.143. The molecule has 7 heteroatoms. The van der Waals surface area contributed by atoms with Gasteiger partial charge in [0.15, 0.2) is 0 Å². The van der Waals surface area contributed by atoms with E-state index in [1.54, 1.807) is 18.3 Å². The van der Waals surface area contributed by atoms with E-state index in [1.165, 1.54) is 13.2 Å². The number of halogens is 2. The highest BCUT2D eigenvalue weighted by atomic mass is 19.3. The molecule has 28 heavy (non-hydrogen) atoms. The highest BCUT2D eigenvalue weighted by Crippen LogP contribution is 2.34. The van der Waals surface area contributed by atoms with Crippen molar-refractivity contribution in [2.24, 2.45) is 0 Å². The first-order chi connectivity index (χ1) is 13.7. The predicted molar refractivity (Wildman–Crippen MR) is 105 cm³/mol. The molecule has 2 heterocycles. The average Bonchev–Trinajstić information content (AvgIpc) is 3.17. The van der Waals surface area contributed by atoms with Gasteiger partial charge in [-0.15, -0.1) is 0 Å². The van der Waals surface area contributed by atoms with Gasteiger partial charge in [-0.3, -0.25) is 0 Å². The van der Waals surface area contributed by atoms with Crippen molar-refractivity contribution in [2.75, 3.05) is 12.4 Å². The highest BCUT2D eigenvalue weighted by Gasteiger charge is 2.18. The van der Waals surface area contributed by atoms with Crippen molar-refractivity contribution in [1.29, 1.82) is 0 Å². The zero-order valence-electron chi connectivity index (χ0n) is 15.1. The molecule has 142 valence electrons. The lowest BCUT2D eigenvalue weighted by molar-refractivity contribution is 0.151. The molecule has 2 N–H and O–H groups in total. The minimum atomic E-state index is -2.64. The van der Waals surface area contributed by atoms with Crippen LogP contribution in [-0.4, -0.2) is 22.1 Å². The molecule has 2 aromatic carbocycles. The maximum atomic E-state index is 13.6. The number of alkyl halides is 2. The molecular weight excluding hydrogens is 362 g/mol.